The van der Waals surface area contributed by atoms with E-state index in [1.54, 1.807) is 4.90 Å². The zero-order valence-corrected chi connectivity index (χ0v) is 19.5. The summed E-state index contributed by atoms with van der Waals surface area (Å²) in [5.74, 6) is -0.119. The fraction of sp³-hybridized carbons (Fsp3) is 0.625. The molecule has 0 radical (unpaired) electrons. The summed E-state index contributed by atoms with van der Waals surface area (Å²) >= 11 is 0. The quantitative estimate of drug-likeness (QED) is 0.588. The van der Waals surface area contributed by atoms with E-state index in [0.29, 0.717) is 52.4 Å². The molecule has 1 spiro atoms. The third-order valence-electron chi connectivity index (χ3n) is 6.30. The molecule has 0 bridgehead atoms. The number of para-hydroxylation sites is 1. The summed E-state index contributed by atoms with van der Waals surface area (Å²) in [6.45, 7) is 9.03. The number of hydrogen-bond acceptors (Lipinski definition) is 5. The molecule has 32 heavy (non-hydrogen) atoms. The number of carbonyl (C=O) groups is 3. The van der Waals surface area contributed by atoms with Gasteiger partial charge < -0.3 is 24.8 Å². The van der Waals surface area contributed by atoms with E-state index < -0.39 is 5.54 Å². The number of likely N-dealkylation sites (tertiary alicyclic amines) is 1. The molecule has 1 N–H and O–H groups in total. The Bertz CT molecular complexity index is 790. The van der Waals surface area contributed by atoms with Crippen LogP contribution in [-0.4, -0.2) is 79.1 Å². The first-order valence-electron chi connectivity index (χ1n) is 11.6. The van der Waals surface area contributed by atoms with E-state index in [9.17, 15) is 14.4 Å². The molecule has 3 amide bonds. The molecule has 8 nitrogen and oxygen atoms in total. The fourth-order valence-electron chi connectivity index (χ4n) is 4.56. The molecule has 8 heteroatoms. The van der Waals surface area contributed by atoms with Crippen molar-refractivity contribution < 1.29 is 19.1 Å². The number of rotatable bonds is 9. The Morgan fingerprint density at radius 1 is 1.16 bits per heavy atom. The molecule has 1 aromatic carbocycles. The number of anilines is 1. The van der Waals surface area contributed by atoms with Crippen molar-refractivity contribution in [3.8, 4) is 0 Å². The topological polar surface area (TPSA) is 82.2 Å². The number of piperidine rings is 1. The third-order valence-corrected chi connectivity index (χ3v) is 6.30. The fourth-order valence-corrected chi connectivity index (χ4v) is 4.56. The van der Waals surface area contributed by atoms with Gasteiger partial charge in [-0.25, -0.2) is 0 Å². The second-order valence-electron chi connectivity index (χ2n) is 8.82. The smallest absolute Gasteiger partial charge is 0.250 e. The number of amides is 3. The van der Waals surface area contributed by atoms with Crippen molar-refractivity contribution in [1.29, 1.82) is 0 Å². The van der Waals surface area contributed by atoms with Crippen molar-refractivity contribution in [2.24, 2.45) is 5.92 Å². The maximum absolute atomic E-state index is 13.6. The van der Waals surface area contributed by atoms with E-state index in [1.165, 1.54) is 0 Å². The van der Waals surface area contributed by atoms with E-state index in [2.05, 4.69) is 10.2 Å². The molecule has 2 aliphatic heterocycles. The van der Waals surface area contributed by atoms with Gasteiger partial charge in [0.2, 0.25) is 11.8 Å². The zero-order valence-electron chi connectivity index (χ0n) is 19.5. The van der Waals surface area contributed by atoms with Crippen LogP contribution in [0, 0.1) is 5.92 Å². The van der Waals surface area contributed by atoms with Crippen LogP contribution in [0.25, 0.3) is 0 Å². The first-order valence-corrected chi connectivity index (χ1v) is 11.6. The molecule has 2 saturated heterocycles. The number of hydrogen-bond donors (Lipinski definition) is 1. The summed E-state index contributed by atoms with van der Waals surface area (Å²) in [6, 6.07) is 9.86. The average molecular weight is 445 g/mol. The summed E-state index contributed by atoms with van der Waals surface area (Å²) < 4.78 is 5.29. The maximum Gasteiger partial charge on any atom is 0.250 e. The van der Waals surface area contributed by atoms with Crippen LogP contribution in [0.5, 0.6) is 0 Å². The summed E-state index contributed by atoms with van der Waals surface area (Å²) in [4.78, 5) is 44.2. The van der Waals surface area contributed by atoms with Crippen molar-refractivity contribution >= 4 is 23.4 Å². The highest BCUT2D eigenvalue weighted by Gasteiger charge is 2.54. The largest absolute Gasteiger partial charge is 0.382 e. The van der Waals surface area contributed by atoms with E-state index in [1.807, 2.05) is 56.0 Å². The molecule has 176 valence electrons. The standard InChI is InChI=1S/C24H36N4O4/c1-4-32-16-8-13-25-21(29)17-27-18-28(20-9-6-5-7-10-20)24(23(27)31)11-14-26(15-12-24)22(30)19(2)3/h5-7,9-10,19H,4,8,11-18H2,1-3H3,(H,25,29). The minimum Gasteiger partial charge on any atom is -0.382 e. The highest BCUT2D eigenvalue weighted by Crippen LogP contribution is 2.39. The highest BCUT2D eigenvalue weighted by molar-refractivity contribution is 5.96. The molecule has 2 heterocycles. The van der Waals surface area contributed by atoms with E-state index >= 15 is 0 Å². The van der Waals surface area contributed by atoms with E-state index in [0.717, 1.165) is 12.1 Å². The average Bonchev–Trinajstić information content (AvgIpc) is 3.05. The Hall–Kier alpha value is -2.61. The van der Waals surface area contributed by atoms with Gasteiger partial charge in [-0.05, 0) is 38.3 Å². The van der Waals surface area contributed by atoms with Crippen molar-refractivity contribution in [1.82, 2.24) is 15.1 Å². The molecule has 0 saturated carbocycles. The Morgan fingerprint density at radius 3 is 2.47 bits per heavy atom. The van der Waals surface area contributed by atoms with Crippen molar-refractivity contribution in [2.75, 3.05) is 51.0 Å². The number of ether oxygens (including phenoxy) is 1. The molecule has 0 aliphatic carbocycles. The highest BCUT2D eigenvalue weighted by atomic mass is 16.5. The van der Waals surface area contributed by atoms with Gasteiger partial charge in [0, 0.05) is 44.5 Å². The van der Waals surface area contributed by atoms with Crippen LogP contribution < -0.4 is 10.2 Å². The number of nitrogens with one attached hydrogen (secondary N) is 1. The van der Waals surface area contributed by atoms with Crippen molar-refractivity contribution in [3.05, 3.63) is 30.3 Å². The minimum atomic E-state index is -0.718. The van der Waals surface area contributed by atoms with Gasteiger partial charge in [0.15, 0.2) is 0 Å². The SMILES string of the molecule is CCOCCCNC(=O)CN1CN(c2ccccc2)C2(CCN(C(=O)C(C)C)CC2)C1=O. The first-order chi connectivity index (χ1) is 15.4. The number of benzene rings is 1. The van der Waals surface area contributed by atoms with Gasteiger partial charge in [-0.15, -0.1) is 0 Å². The summed E-state index contributed by atoms with van der Waals surface area (Å²) in [5, 5.41) is 2.89. The van der Waals surface area contributed by atoms with E-state index in [4.69, 9.17) is 4.74 Å². The lowest BCUT2D eigenvalue weighted by molar-refractivity contribution is -0.141. The van der Waals surface area contributed by atoms with Crippen LogP contribution in [0.4, 0.5) is 5.69 Å². The maximum atomic E-state index is 13.6. The summed E-state index contributed by atoms with van der Waals surface area (Å²) in [7, 11) is 0. The molecule has 0 aromatic heterocycles. The van der Waals surface area contributed by atoms with Crippen LogP contribution in [-0.2, 0) is 19.1 Å². The summed E-state index contributed by atoms with van der Waals surface area (Å²) in [6.07, 6.45) is 1.87. The third kappa shape index (κ3) is 5.23. The Labute approximate surface area is 190 Å². The van der Waals surface area contributed by atoms with Crippen molar-refractivity contribution in [3.63, 3.8) is 0 Å². The lowest BCUT2D eigenvalue weighted by atomic mass is 9.85. The minimum absolute atomic E-state index is 0.0255. The van der Waals surface area contributed by atoms with Gasteiger partial charge in [-0.3, -0.25) is 14.4 Å². The molecule has 2 fully saturated rings. The molecule has 3 rings (SSSR count). The monoisotopic (exact) mass is 444 g/mol. The number of carbonyl (C=O) groups excluding carboxylic acids is 3. The lowest BCUT2D eigenvalue weighted by Gasteiger charge is -2.43. The zero-order chi connectivity index (χ0) is 23.1. The molecule has 0 unspecified atom stereocenters. The van der Waals surface area contributed by atoms with Gasteiger partial charge in [0.1, 0.15) is 12.1 Å². The van der Waals surface area contributed by atoms with Crippen LogP contribution in [0.1, 0.15) is 40.0 Å². The lowest BCUT2D eigenvalue weighted by Crippen LogP contribution is -2.57. The van der Waals surface area contributed by atoms with Gasteiger partial charge in [0.25, 0.3) is 5.91 Å². The van der Waals surface area contributed by atoms with Gasteiger partial charge in [-0.2, -0.15) is 0 Å². The second-order valence-corrected chi connectivity index (χ2v) is 8.82. The van der Waals surface area contributed by atoms with Crippen LogP contribution >= 0.6 is 0 Å². The molecule has 0 atom stereocenters. The van der Waals surface area contributed by atoms with Crippen LogP contribution in [0.2, 0.25) is 0 Å². The molecule has 2 aliphatic rings. The molecular weight excluding hydrogens is 408 g/mol. The predicted molar refractivity (Wildman–Crippen MR) is 123 cm³/mol. The van der Waals surface area contributed by atoms with Gasteiger partial charge >= 0.3 is 0 Å². The van der Waals surface area contributed by atoms with Crippen molar-refractivity contribution in [2.45, 2.75) is 45.6 Å². The van der Waals surface area contributed by atoms with Crippen LogP contribution in [0.15, 0.2) is 30.3 Å². The Balaban J connectivity index is 1.70. The Morgan fingerprint density at radius 2 is 1.84 bits per heavy atom. The van der Waals surface area contributed by atoms with E-state index in [-0.39, 0.29) is 30.2 Å². The number of nitrogens with zero attached hydrogens (tertiary/aromatic N) is 3. The second kappa shape index (κ2) is 10.8. The molecule has 1 aromatic rings. The first kappa shape index (κ1) is 24.0. The Kier molecular flexibility index (Phi) is 8.12. The van der Waals surface area contributed by atoms with Gasteiger partial charge in [0.05, 0.1) is 6.67 Å². The predicted octanol–water partition coefficient (Wildman–Crippen LogP) is 1.85. The normalized spacial score (nSPS) is 18.0. The summed E-state index contributed by atoms with van der Waals surface area (Å²) in [5.41, 5.74) is 0.244. The van der Waals surface area contributed by atoms with Crippen LogP contribution in [0.3, 0.4) is 0 Å². The van der Waals surface area contributed by atoms with Gasteiger partial charge in [-0.1, -0.05) is 32.0 Å². The molecular formula is C24H36N4O4.